The number of para-hydroxylation sites is 1. The van der Waals surface area contributed by atoms with Crippen LogP contribution in [0.4, 0.5) is 19.3 Å². The molecule has 0 bridgehead atoms. The maximum absolute atomic E-state index is 13.5. The van der Waals surface area contributed by atoms with E-state index >= 15 is 0 Å². The topological polar surface area (TPSA) is 81.4 Å². The molecule has 7 heteroatoms. The molecule has 2 amide bonds. The number of ether oxygens (including phenoxy) is 1. The summed E-state index contributed by atoms with van der Waals surface area (Å²) in [6.45, 7) is 0. The number of rotatable bonds is 3. The van der Waals surface area contributed by atoms with Gasteiger partial charge in [-0.15, -0.1) is 0 Å². The zero-order chi connectivity index (χ0) is 15.4. The van der Waals surface area contributed by atoms with Crippen LogP contribution in [-0.2, 0) is 0 Å². The first-order chi connectivity index (χ1) is 9.97. The minimum atomic E-state index is -1.11. The van der Waals surface area contributed by atoms with Crippen LogP contribution in [0.1, 0.15) is 10.4 Å². The highest BCUT2D eigenvalue weighted by Gasteiger charge is 2.16. The quantitative estimate of drug-likeness (QED) is 0.912. The lowest BCUT2D eigenvalue weighted by molar-refractivity contribution is 0.0996. The Morgan fingerprint density at radius 2 is 1.71 bits per heavy atom. The summed E-state index contributed by atoms with van der Waals surface area (Å²) in [5, 5.41) is 2.07. The molecule has 0 aliphatic carbocycles. The molecule has 0 fully saturated rings. The van der Waals surface area contributed by atoms with Crippen molar-refractivity contribution in [3.8, 4) is 5.75 Å². The molecule has 0 heterocycles. The lowest BCUT2D eigenvalue weighted by Crippen LogP contribution is -2.19. The van der Waals surface area contributed by atoms with Crippen molar-refractivity contribution >= 4 is 17.7 Å². The summed E-state index contributed by atoms with van der Waals surface area (Å²) in [5.74, 6) is -3.00. The number of nitrogens with two attached hydrogens (primary N) is 1. The Hall–Kier alpha value is -2.96. The van der Waals surface area contributed by atoms with Gasteiger partial charge < -0.3 is 10.5 Å². The highest BCUT2D eigenvalue weighted by atomic mass is 19.1. The first-order valence-electron chi connectivity index (χ1n) is 5.80. The van der Waals surface area contributed by atoms with E-state index in [4.69, 9.17) is 10.5 Å². The van der Waals surface area contributed by atoms with Gasteiger partial charge in [0.15, 0.2) is 0 Å². The number of benzene rings is 2. The third kappa shape index (κ3) is 3.53. The van der Waals surface area contributed by atoms with Crippen LogP contribution in [0.25, 0.3) is 0 Å². The molecular formula is C14H10F2N2O3. The summed E-state index contributed by atoms with van der Waals surface area (Å²) < 4.78 is 31.7. The third-order valence-corrected chi connectivity index (χ3v) is 2.51. The van der Waals surface area contributed by atoms with Gasteiger partial charge in [0.25, 0.3) is 5.91 Å². The molecule has 0 atom stereocenters. The van der Waals surface area contributed by atoms with E-state index in [1.807, 2.05) is 0 Å². The molecule has 0 aliphatic rings. The molecule has 0 aromatic heterocycles. The Balaban J connectivity index is 2.17. The predicted molar refractivity (Wildman–Crippen MR) is 71.0 cm³/mol. The molecule has 108 valence electrons. The average molecular weight is 292 g/mol. The Labute approximate surface area is 118 Å². The second-order valence-corrected chi connectivity index (χ2v) is 4.00. The van der Waals surface area contributed by atoms with Gasteiger partial charge in [0.05, 0.1) is 11.3 Å². The van der Waals surface area contributed by atoms with Crippen molar-refractivity contribution in [3.05, 3.63) is 59.7 Å². The van der Waals surface area contributed by atoms with Crippen molar-refractivity contribution < 1.29 is 23.1 Å². The van der Waals surface area contributed by atoms with Gasteiger partial charge in [-0.2, -0.15) is 0 Å². The maximum Gasteiger partial charge on any atom is 0.417 e. The van der Waals surface area contributed by atoms with E-state index in [9.17, 15) is 18.4 Å². The van der Waals surface area contributed by atoms with Crippen LogP contribution in [0.2, 0.25) is 0 Å². The van der Waals surface area contributed by atoms with E-state index in [1.165, 1.54) is 12.1 Å². The monoisotopic (exact) mass is 292 g/mol. The van der Waals surface area contributed by atoms with E-state index in [1.54, 1.807) is 18.2 Å². The largest absolute Gasteiger partial charge is 0.417 e. The summed E-state index contributed by atoms with van der Waals surface area (Å²) in [5.41, 5.74) is 4.00. The van der Waals surface area contributed by atoms with Crippen molar-refractivity contribution in [2.45, 2.75) is 0 Å². The molecule has 2 aromatic carbocycles. The van der Waals surface area contributed by atoms with E-state index in [-0.39, 0.29) is 5.75 Å². The van der Waals surface area contributed by atoms with Crippen LogP contribution in [0.3, 0.4) is 0 Å². The number of nitrogens with one attached hydrogen (secondary N) is 1. The molecule has 2 aromatic rings. The molecule has 0 radical (unpaired) electrons. The molecule has 0 saturated heterocycles. The van der Waals surface area contributed by atoms with Crippen LogP contribution in [0.5, 0.6) is 5.75 Å². The lowest BCUT2D eigenvalue weighted by atomic mass is 10.1. The lowest BCUT2D eigenvalue weighted by Gasteiger charge is -2.09. The van der Waals surface area contributed by atoms with E-state index < -0.39 is 34.9 Å². The summed E-state index contributed by atoms with van der Waals surface area (Å²) in [6, 6.07) is 9.32. The summed E-state index contributed by atoms with van der Waals surface area (Å²) in [4.78, 5) is 22.6. The van der Waals surface area contributed by atoms with Crippen molar-refractivity contribution in [1.82, 2.24) is 0 Å². The second-order valence-electron chi connectivity index (χ2n) is 4.00. The van der Waals surface area contributed by atoms with E-state index in [0.717, 1.165) is 6.07 Å². The van der Waals surface area contributed by atoms with Crippen molar-refractivity contribution in [2.24, 2.45) is 5.73 Å². The van der Waals surface area contributed by atoms with Crippen LogP contribution in [0, 0.1) is 11.6 Å². The van der Waals surface area contributed by atoms with Gasteiger partial charge in [0, 0.05) is 6.07 Å². The first-order valence-corrected chi connectivity index (χ1v) is 5.80. The summed E-state index contributed by atoms with van der Waals surface area (Å²) >= 11 is 0. The van der Waals surface area contributed by atoms with Gasteiger partial charge in [-0.1, -0.05) is 18.2 Å². The Kier molecular flexibility index (Phi) is 4.13. The molecular weight excluding hydrogens is 282 g/mol. The zero-order valence-corrected chi connectivity index (χ0v) is 10.6. The van der Waals surface area contributed by atoms with Crippen LogP contribution >= 0.6 is 0 Å². The minimum absolute atomic E-state index is 0.243. The number of hydrogen-bond acceptors (Lipinski definition) is 3. The summed E-state index contributed by atoms with van der Waals surface area (Å²) in [6.07, 6.45) is -0.984. The van der Waals surface area contributed by atoms with Gasteiger partial charge >= 0.3 is 6.09 Å². The Morgan fingerprint density at radius 3 is 2.33 bits per heavy atom. The zero-order valence-electron chi connectivity index (χ0n) is 10.6. The van der Waals surface area contributed by atoms with Crippen LogP contribution in [-0.4, -0.2) is 12.0 Å². The van der Waals surface area contributed by atoms with Gasteiger partial charge in [0.1, 0.15) is 17.4 Å². The fourth-order valence-electron chi connectivity index (χ4n) is 1.56. The number of primary amides is 1. The van der Waals surface area contributed by atoms with Gasteiger partial charge in [-0.3, -0.25) is 10.1 Å². The molecule has 3 N–H and O–H groups in total. The maximum atomic E-state index is 13.5. The Bertz CT molecular complexity index is 690. The number of amides is 2. The third-order valence-electron chi connectivity index (χ3n) is 2.51. The fraction of sp³-hybridized carbons (Fsp3) is 0. The molecule has 0 aliphatic heterocycles. The predicted octanol–water partition coefficient (Wildman–Crippen LogP) is 2.67. The van der Waals surface area contributed by atoms with Gasteiger partial charge in [0.2, 0.25) is 0 Å². The summed E-state index contributed by atoms with van der Waals surface area (Å²) in [7, 11) is 0. The number of anilines is 1. The van der Waals surface area contributed by atoms with Crippen molar-refractivity contribution in [3.63, 3.8) is 0 Å². The van der Waals surface area contributed by atoms with Crippen molar-refractivity contribution in [1.29, 1.82) is 0 Å². The standard InChI is InChI=1S/C14H10F2N2O3/c15-10-7-11(16)12(6-9(10)13(17)19)18-14(20)21-8-4-2-1-3-5-8/h1-7H,(H2,17,19)(H,18,20). The molecule has 5 nitrogen and oxygen atoms in total. The normalized spacial score (nSPS) is 10.0. The van der Waals surface area contributed by atoms with Crippen molar-refractivity contribution in [2.75, 3.05) is 5.32 Å². The van der Waals surface area contributed by atoms with Gasteiger partial charge in [-0.25, -0.2) is 13.6 Å². The highest BCUT2D eigenvalue weighted by Crippen LogP contribution is 2.20. The molecule has 0 unspecified atom stereocenters. The first kappa shape index (κ1) is 14.4. The highest BCUT2D eigenvalue weighted by molar-refractivity contribution is 5.95. The average Bonchev–Trinajstić information content (AvgIpc) is 2.42. The van der Waals surface area contributed by atoms with Crippen LogP contribution in [0.15, 0.2) is 42.5 Å². The molecule has 0 saturated carbocycles. The molecule has 0 spiro atoms. The fourth-order valence-corrected chi connectivity index (χ4v) is 1.56. The van der Waals surface area contributed by atoms with Gasteiger partial charge in [-0.05, 0) is 18.2 Å². The Morgan fingerprint density at radius 1 is 1.05 bits per heavy atom. The van der Waals surface area contributed by atoms with E-state index in [0.29, 0.717) is 6.07 Å². The number of carbonyl (C=O) groups is 2. The second kappa shape index (κ2) is 6.00. The number of halogens is 2. The molecule has 21 heavy (non-hydrogen) atoms. The van der Waals surface area contributed by atoms with Crippen LogP contribution < -0.4 is 15.8 Å². The molecule has 2 rings (SSSR count). The number of hydrogen-bond donors (Lipinski definition) is 2. The van der Waals surface area contributed by atoms with E-state index in [2.05, 4.69) is 5.32 Å². The smallest absolute Gasteiger partial charge is 0.410 e. The number of carbonyl (C=O) groups excluding carboxylic acids is 2. The SMILES string of the molecule is NC(=O)c1cc(NC(=O)Oc2ccccc2)c(F)cc1F. The minimum Gasteiger partial charge on any atom is -0.410 e.